The fourth-order valence-electron chi connectivity index (χ4n) is 2.18. The van der Waals surface area contributed by atoms with Crippen molar-refractivity contribution >= 4 is 28.5 Å². The van der Waals surface area contributed by atoms with Gasteiger partial charge in [-0.15, -0.1) is 11.6 Å². The van der Waals surface area contributed by atoms with Crippen LogP contribution >= 0.6 is 11.6 Å². The van der Waals surface area contributed by atoms with Crippen molar-refractivity contribution in [2.45, 2.75) is 25.8 Å². The van der Waals surface area contributed by atoms with Crippen LogP contribution in [0.2, 0.25) is 0 Å². The number of rotatable bonds is 4. The van der Waals surface area contributed by atoms with E-state index < -0.39 is 6.04 Å². The van der Waals surface area contributed by atoms with Gasteiger partial charge >= 0.3 is 0 Å². The van der Waals surface area contributed by atoms with Crippen molar-refractivity contribution < 1.29 is 4.79 Å². The second-order valence-corrected chi connectivity index (χ2v) is 4.68. The number of carbonyl (C=O) groups excluding carboxylic acids is 1. The van der Waals surface area contributed by atoms with E-state index in [9.17, 15) is 4.79 Å². The molecule has 0 aliphatic carbocycles. The van der Waals surface area contributed by atoms with E-state index in [-0.39, 0.29) is 11.8 Å². The molecule has 6 heteroatoms. The van der Waals surface area contributed by atoms with Crippen molar-refractivity contribution in [2.75, 3.05) is 6.54 Å². The SMILES string of the molecule is CCNC(=O)C(C)n1c(CCl)nc2ccc(C#N)cc21. The van der Waals surface area contributed by atoms with Gasteiger partial charge in [-0.2, -0.15) is 5.26 Å². The van der Waals surface area contributed by atoms with Gasteiger partial charge in [-0.05, 0) is 32.0 Å². The highest BCUT2D eigenvalue weighted by Gasteiger charge is 2.20. The van der Waals surface area contributed by atoms with E-state index in [1.165, 1.54) is 0 Å². The van der Waals surface area contributed by atoms with Crippen LogP contribution in [0.4, 0.5) is 0 Å². The van der Waals surface area contributed by atoms with Crippen LogP contribution in [0.25, 0.3) is 11.0 Å². The molecule has 1 unspecified atom stereocenters. The molecular formula is C14H15ClN4O. The topological polar surface area (TPSA) is 70.7 Å². The zero-order chi connectivity index (χ0) is 14.7. The number of hydrogen-bond donors (Lipinski definition) is 1. The van der Waals surface area contributed by atoms with Crippen molar-refractivity contribution in [3.63, 3.8) is 0 Å². The van der Waals surface area contributed by atoms with Gasteiger partial charge in [-0.1, -0.05) is 0 Å². The molecule has 2 rings (SSSR count). The average Bonchev–Trinajstić information content (AvgIpc) is 2.83. The van der Waals surface area contributed by atoms with Crippen LogP contribution in [-0.2, 0) is 10.7 Å². The summed E-state index contributed by atoms with van der Waals surface area (Å²) in [5, 5.41) is 11.8. The molecule has 0 spiro atoms. The molecule has 1 heterocycles. The van der Waals surface area contributed by atoms with Crippen LogP contribution in [0.15, 0.2) is 18.2 Å². The van der Waals surface area contributed by atoms with E-state index in [1.807, 2.05) is 6.92 Å². The Kier molecular flexibility index (Phi) is 4.26. The van der Waals surface area contributed by atoms with Crippen LogP contribution in [-0.4, -0.2) is 22.0 Å². The second kappa shape index (κ2) is 5.93. The third kappa shape index (κ3) is 2.47. The molecule has 1 atom stereocenters. The molecule has 0 aliphatic rings. The Labute approximate surface area is 122 Å². The Hall–Kier alpha value is -2.06. The number of hydrogen-bond acceptors (Lipinski definition) is 3. The van der Waals surface area contributed by atoms with Crippen molar-refractivity contribution in [2.24, 2.45) is 0 Å². The Balaban J connectivity index is 2.59. The molecule has 0 saturated heterocycles. The molecule has 1 N–H and O–H groups in total. The van der Waals surface area contributed by atoms with E-state index in [2.05, 4.69) is 16.4 Å². The fraction of sp³-hybridized carbons (Fsp3) is 0.357. The number of halogens is 1. The first-order valence-corrected chi connectivity index (χ1v) is 6.90. The maximum atomic E-state index is 12.0. The normalized spacial score (nSPS) is 12.1. The van der Waals surface area contributed by atoms with E-state index in [4.69, 9.17) is 16.9 Å². The van der Waals surface area contributed by atoms with E-state index in [0.29, 0.717) is 17.9 Å². The molecule has 2 aromatic rings. The molecule has 1 aromatic heterocycles. The van der Waals surface area contributed by atoms with Gasteiger partial charge in [-0.3, -0.25) is 4.79 Å². The van der Waals surface area contributed by atoms with Gasteiger partial charge in [0, 0.05) is 6.54 Å². The number of fused-ring (bicyclic) bond motifs is 1. The van der Waals surface area contributed by atoms with Crippen molar-refractivity contribution in [3.8, 4) is 6.07 Å². The molecule has 1 aromatic carbocycles. The number of nitrogens with one attached hydrogen (secondary N) is 1. The summed E-state index contributed by atoms with van der Waals surface area (Å²) in [5.74, 6) is 0.733. The lowest BCUT2D eigenvalue weighted by molar-refractivity contribution is -0.123. The number of amides is 1. The molecule has 0 saturated carbocycles. The fourth-order valence-corrected chi connectivity index (χ4v) is 2.37. The van der Waals surface area contributed by atoms with Gasteiger partial charge < -0.3 is 9.88 Å². The summed E-state index contributed by atoms with van der Waals surface area (Å²) < 4.78 is 1.79. The second-order valence-electron chi connectivity index (χ2n) is 4.42. The maximum Gasteiger partial charge on any atom is 0.242 e. The first kappa shape index (κ1) is 14.4. The molecule has 0 fully saturated rings. The predicted octanol–water partition coefficient (Wildman–Crippen LogP) is 2.34. The minimum Gasteiger partial charge on any atom is -0.355 e. The molecular weight excluding hydrogens is 276 g/mol. The minimum absolute atomic E-state index is 0.0967. The number of carbonyl (C=O) groups is 1. The van der Waals surface area contributed by atoms with Crippen molar-refractivity contribution in [3.05, 3.63) is 29.6 Å². The lowest BCUT2D eigenvalue weighted by Crippen LogP contribution is -2.31. The number of nitriles is 1. The Morgan fingerprint density at radius 2 is 2.35 bits per heavy atom. The summed E-state index contributed by atoms with van der Waals surface area (Å²) in [6.07, 6.45) is 0. The van der Waals surface area contributed by atoms with E-state index >= 15 is 0 Å². The first-order valence-electron chi connectivity index (χ1n) is 6.37. The Morgan fingerprint density at radius 1 is 1.60 bits per heavy atom. The highest BCUT2D eigenvalue weighted by atomic mass is 35.5. The predicted molar refractivity (Wildman–Crippen MR) is 77.4 cm³/mol. The third-order valence-corrected chi connectivity index (χ3v) is 3.37. The number of alkyl halides is 1. The summed E-state index contributed by atoms with van der Waals surface area (Å²) in [7, 11) is 0. The van der Waals surface area contributed by atoms with Gasteiger partial charge in [-0.25, -0.2) is 4.98 Å². The summed E-state index contributed by atoms with van der Waals surface area (Å²) in [4.78, 5) is 16.5. The maximum absolute atomic E-state index is 12.0. The standard InChI is InChI=1S/C14H15ClN4O/c1-3-17-14(20)9(2)19-12-6-10(8-16)4-5-11(12)18-13(19)7-15/h4-6,9H,3,7H2,1-2H3,(H,17,20). The highest BCUT2D eigenvalue weighted by molar-refractivity contribution is 6.17. The van der Waals surface area contributed by atoms with Gasteiger partial charge in [0.25, 0.3) is 0 Å². The van der Waals surface area contributed by atoms with E-state index in [0.717, 1.165) is 11.0 Å². The average molecular weight is 291 g/mol. The number of nitrogens with zero attached hydrogens (tertiary/aromatic N) is 3. The van der Waals surface area contributed by atoms with Crippen LogP contribution in [0.1, 0.15) is 31.3 Å². The summed E-state index contributed by atoms with van der Waals surface area (Å²) in [6.45, 7) is 4.23. The summed E-state index contributed by atoms with van der Waals surface area (Å²) in [5.41, 5.74) is 2.01. The zero-order valence-electron chi connectivity index (χ0n) is 11.4. The van der Waals surface area contributed by atoms with Gasteiger partial charge in [0.2, 0.25) is 5.91 Å². The van der Waals surface area contributed by atoms with E-state index in [1.54, 1.807) is 29.7 Å². The lowest BCUT2D eigenvalue weighted by atomic mass is 10.2. The summed E-state index contributed by atoms with van der Waals surface area (Å²) in [6, 6.07) is 6.87. The van der Waals surface area contributed by atoms with Crippen LogP contribution < -0.4 is 5.32 Å². The zero-order valence-corrected chi connectivity index (χ0v) is 12.1. The molecule has 0 bridgehead atoms. The first-order chi connectivity index (χ1) is 9.62. The van der Waals surface area contributed by atoms with Gasteiger partial charge in [0.1, 0.15) is 11.9 Å². The number of likely N-dealkylation sites (N-methyl/N-ethyl adjacent to an activating group) is 1. The largest absolute Gasteiger partial charge is 0.355 e. The minimum atomic E-state index is -0.428. The number of aromatic nitrogens is 2. The third-order valence-electron chi connectivity index (χ3n) is 3.13. The lowest BCUT2D eigenvalue weighted by Gasteiger charge is -2.16. The molecule has 20 heavy (non-hydrogen) atoms. The quantitative estimate of drug-likeness (QED) is 0.879. The smallest absolute Gasteiger partial charge is 0.242 e. The van der Waals surface area contributed by atoms with Gasteiger partial charge in [0.15, 0.2) is 0 Å². The van der Waals surface area contributed by atoms with Crippen LogP contribution in [0.3, 0.4) is 0 Å². The Bertz CT molecular complexity index is 686. The molecule has 0 radical (unpaired) electrons. The summed E-state index contributed by atoms with van der Waals surface area (Å²) >= 11 is 5.92. The molecule has 5 nitrogen and oxygen atoms in total. The van der Waals surface area contributed by atoms with Crippen LogP contribution in [0, 0.1) is 11.3 Å². The molecule has 0 aliphatic heterocycles. The number of imidazole rings is 1. The number of benzene rings is 1. The monoisotopic (exact) mass is 290 g/mol. The Morgan fingerprint density at radius 3 is 2.95 bits per heavy atom. The van der Waals surface area contributed by atoms with Crippen molar-refractivity contribution in [1.82, 2.24) is 14.9 Å². The highest BCUT2D eigenvalue weighted by Crippen LogP contribution is 2.23. The van der Waals surface area contributed by atoms with Crippen LogP contribution in [0.5, 0.6) is 0 Å². The molecule has 104 valence electrons. The van der Waals surface area contributed by atoms with Crippen molar-refractivity contribution in [1.29, 1.82) is 5.26 Å². The van der Waals surface area contributed by atoms with Gasteiger partial charge in [0.05, 0.1) is 28.5 Å². The molecule has 1 amide bonds.